The van der Waals surface area contributed by atoms with Gasteiger partial charge < -0.3 is 25.8 Å². The van der Waals surface area contributed by atoms with Crippen molar-refractivity contribution in [1.29, 1.82) is 0 Å². The van der Waals surface area contributed by atoms with E-state index < -0.39 is 11.7 Å². The number of likely N-dealkylation sites (tertiary alicyclic amines) is 2. The number of nitrogens with two attached hydrogens (primary N) is 1. The van der Waals surface area contributed by atoms with Crippen LogP contribution in [-0.2, 0) is 6.18 Å². The Balaban J connectivity index is 1.20. The summed E-state index contributed by atoms with van der Waals surface area (Å²) in [5.74, 6) is 0.552. The van der Waals surface area contributed by atoms with E-state index in [0.29, 0.717) is 37.5 Å². The predicted molar refractivity (Wildman–Crippen MR) is 133 cm³/mol. The zero-order valence-electron chi connectivity index (χ0n) is 20.8. The molecule has 1 aliphatic carbocycles. The number of halogens is 3. The molecule has 0 unspecified atom stereocenters. The first-order valence-electron chi connectivity index (χ1n) is 13.2. The zero-order chi connectivity index (χ0) is 25.0. The molecule has 2 amide bonds. The summed E-state index contributed by atoms with van der Waals surface area (Å²) in [5.41, 5.74) is 4.82. The molecule has 4 rings (SSSR count). The molecule has 3 N–H and O–H groups in total. The maximum atomic E-state index is 13.1. The molecular weight excluding hydrogens is 455 g/mol. The number of anilines is 2. The summed E-state index contributed by atoms with van der Waals surface area (Å²) in [5, 5.41) is 3.19. The van der Waals surface area contributed by atoms with E-state index in [-0.39, 0.29) is 17.8 Å². The number of hydrogen-bond donors (Lipinski definition) is 2. The molecule has 9 heteroatoms. The van der Waals surface area contributed by atoms with Crippen molar-refractivity contribution < 1.29 is 18.0 Å². The van der Waals surface area contributed by atoms with Crippen molar-refractivity contribution in [2.45, 2.75) is 76.0 Å². The number of nitrogens with one attached hydrogen (secondary N) is 1. The van der Waals surface area contributed by atoms with Crippen molar-refractivity contribution in [2.24, 2.45) is 5.92 Å². The fraction of sp³-hybridized carbons (Fsp3) is 0.731. The first-order chi connectivity index (χ1) is 16.7. The van der Waals surface area contributed by atoms with Crippen molar-refractivity contribution in [2.75, 3.05) is 50.8 Å². The minimum Gasteiger partial charge on any atom is -0.398 e. The molecule has 6 nitrogen and oxygen atoms in total. The van der Waals surface area contributed by atoms with Gasteiger partial charge in [0.25, 0.3) is 0 Å². The fourth-order valence-corrected chi connectivity index (χ4v) is 6.00. The van der Waals surface area contributed by atoms with Gasteiger partial charge in [0.1, 0.15) is 0 Å². The van der Waals surface area contributed by atoms with Gasteiger partial charge in [-0.1, -0.05) is 19.3 Å². The largest absolute Gasteiger partial charge is 0.418 e. The molecular formula is C26H40F3N5O. The van der Waals surface area contributed by atoms with E-state index in [1.165, 1.54) is 38.2 Å². The lowest BCUT2D eigenvalue weighted by Gasteiger charge is -2.41. The molecule has 1 saturated carbocycles. The average Bonchev–Trinajstić information content (AvgIpc) is 2.85. The molecule has 2 aliphatic heterocycles. The van der Waals surface area contributed by atoms with Crippen LogP contribution in [0.2, 0.25) is 0 Å². The Morgan fingerprint density at radius 2 is 1.69 bits per heavy atom. The maximum absolute atomic E-state index is 13.1. The van der Waals surface area contributed by atoms with E-state index in [0.717, 1.165) is 44.6 Å². The first kappa shape index (κ1) is 25.9. The van der Waals surface area contributed by atoms with E-state index >= 15 is 0 Å². The number of urea groups is 1. The molecule has 1 aromatic rings. The highest BCUT2D eigenvalue weighted by atomic mass is 19.4. The lowest BCUT2D eigenvalue weighted by Crippen LogP contribution is -2.49. The van der Waals surface area contributed by atoms with Crippen LogP contribution < -0.4 is 11.1 Å². The average molecular weight is 496 g/mol. The summed E-state index contributed by atoms with van der Waals surface area (Å²) in [4.78, 5) is 19.4. The summed E-state index contributed by atoms with van der Waals surface area (Å²) >= 11 is 0. The van der Waals surface area contributed by atoms with Gasteiger partial charge in [-0.2, -0.15) is 13.2 Å². The smallest absolute Gasteiger partial charge is 0.398 e. The van der Waals surface area contributed by atoms with Crippen molar-refractivity contribution in [3.63, 3.8) is 0 Å². The number of hydrogen-bond acceptors (Lipinski definition) is 4. The molecule has 3 fully saturated rings. The van der Waals surface area contributed by atoms with E-state index in [9.17, 15) is 18.0 Å². The minimum atomic E-state index is -4.48. The Morgan fingerprint density at radius 3 is 2.31 bits per heavy atom. The quantitative estimate of drug-likeness (QED) is 0.547. The standard InChI is InChI=1S/C26H40F3N5O/c1-32(18-19-9-13-33(14-10-19)22-5-3-2-4-6-22)25(35)34-15-11-20(12-16-34)31-21-7-8-24(30)23(17-21)26(27,28)29/h7-8,17,19-20,22,31H,2-6,9-16,18,30H2,1H3. The number of alkyl halides is 3. The Kier molecular flexibility index (Phi) is 8.34. The second-order valence-electron chi connectivity index (χ2n) is 10.6. The van der Waals surface area contributed by atoms with Gasteiger partial charge in [-0.3, -0.25) is 0 Å². The molecule has 3 aliphatic rings. The molecule has 0 aromatic heterocycles. The monoisotopic (exact) mass is 495 g/mol. The highest BCUT2D eigenvalue weighted by Crippen LogP contribution is 2.35. The highest BCUT2D eigenvalue weighted by molar-refractivity contribution is 5.74. The topological polar surface area (TPSA) is 64.8 Å². The van der Waals surface area contributed by atoms with Crippen LogP contribution in [0.4, 0.5) is 29.3 Å². The third-order valence-corrected chi connectivity index (χ3v) is 8.09. The van der Waals surface area contributed by atoms with Crippen LogP contribution in [0, 0.1) is 5.92 Å². The third-order valence-electron chi connectivity index (χ3n) is 8.09. The number of piperidine rings is 2. The van der Waals surface area contributed by atoms with Crippen LogP contribution in [0.5, 0.6) is 0 Å². The molecule has 2 saturated heterocycles. The van der Waals surface area contributed by atoms with Crippen molar-refractivity contribution in [3.05, 3.63) is 23.8 Å². The molecule has 0 atom stereocenters. The van der Waals surface area contributed by atoms with Crippen molar-refractivity contribution in [3.8, 4) is 0 Å². The number of rotatable bonds is 5. The molecule has 0 bridgehead atoms. The van der Waals surface area contributed by atoms with E-state index in [1.807, 2.05) is 16.8 Å². The highest BCUT2D eigenvalue weighted by Gasteiger charge is 2.34. The number of carbonyl (C=O) groups is 1. The van der Waals surface area contributed by atoms with Gasteiger partial charge in [0.05, 0.1) is 5.56 Å². The summed E-state index contributed by atoms with van der Waals surface area (Å²) in [6.45, 7) is 4.29. The Bertz CT molecular complexity index is 842. The third kappa shape index (κ3) is 6.74. The second-order valence-corrected chi connectivity index (χ2v) is 10.6. The lowest BCUT2D eigenvalue weighted by atomic mass is 9.90. The SMILES string of the molecule is CN(CC1CCN(C2CCCCC2)CC1)C(=O)N1CCC(Nc2ccc(N)c(C(F)(F)F)c2)CC1. The number of nitrogen functional groups attached to an aromatic ring is 1. The van der Waals surface area contributed by atoms with Crippen LogP contribution in [0.15, 0.2) is 18.2 Å². The van der Waals surface area contributed by atoms with Crippen molar-refractivity contribution >= 4 is 17.4 Å². The van der Waals surface area contributed by atoms with Crippen LogP contribution in [-0.4, -0.2) is 72.6 Å². The predicted octanol–water partition coefficient (Wildman–Crippen LogP) is 5.26. The molecule has 1 aromatic carbocycles. The molecule has 2 heterocycles. The Labute approximate surface area is 207 Å². The fourth-order valence-electron chi connectivity index (χ4n) is 6.00. The normalized spacial score (nSPS) is 21.8. The second kappa shape index (κ2) is 11.3. The zero-order valence-corrected chi connectivity index (χ0v) is 20.8. The van der Waals surface area contributed by atoms with Gasteiger partial charge in [-0.05, 0) is 75.7 Å². The molecule has 0 radical (unpaired) electrons. The van der Waals surface area contributed by atoms with Gasteiger partial charge >= 0.3 is 12.2 Å². The number of benzene rings is 1. The summed E-state index contributed by atoms with van der Waals surface area (Å²) in [6, 6.07) is 4.80. The Morgan fingerprint density at radius 1 is 1.03 bits per heavy atom. The summed E-state index contributed by atoms with van der Waals surface area (Å²) < 4.78 is 39.4. The van der Waals surface area contributed by atoms with Gasteiger partial charge in [-0.25, -0.2) is 4.79 Å². The molecule has 35 heavy (non-hydrogen) atoms. The van der Waals surface area contributed by atoms with Gasteiger partial charge in [0.15, 0.2) is 0 Å². The maximum Gasteiger partial charge on any atom is 0.418 e. The molecule has 196 valence electrons. The van der Waals surface area contributed by atoms with E-state index in [1.54, 1.807) is 6.07 Å². The summed E-state index contributed by atoms with van der Waals surface area (Å²) in [7, 11) is 1.90. The first-order valence-corrected chi connectivity index (χ1v) is 13.2. The van der Waals surface area contributed by atoms with Crippen LogP contribution in [0.3, 0.4) is 0 Å². The van der Waals surface area contributed by atoms with Crippen molar-refractivity contribution in [1.82, 2.24) is 14.7 Å². The molecule has 0 spiro atoms. The van der Waals surface area contributed by atoms with Crippen LogP contribution in [0.1, 0.15) is 63.4 Å². The van der Waals surface area contributed by atoms with Gasteiger partial charge in [0.2, 0.25) is 0 Å². The lowest BCUT2D eigenvalue weighted by molar-refractivity contribution is -0.136. The van der Waals surface area contributed by atoms with Crippen LogP contribution in [0.25, 0.3) is 0 Å². The number of nitrogens with zero attached hydrogens (tertiary/aromatic N) is 3. The van der Waals surface area contributed by atoms with Gasteiger partial charge in [-0.15, -0.1) is 0 Å². The number of carbonyl (C=O) groups excluding carboxylic acids is 1. The summed E-state index contributed by atoms with van der Waals surface area (Å²) in [6.07, 6.45) is 6.03. The Hall–Kier alpha value is -2.16. The number of amides is 2. The van der Waals surface area contributed by atoms with Gasteiger partial charge in [0, 0.05) is 50.1 Å². The minimum absolute atomic E-state index is 0.0261. The van der Waals surface area contributed by atoms with E-state index in [4.69, 9.17) is 5.73 Å². The van der Waals surface area contributed by atoms with Crippen LogP contribution >= 0.6 is 0 Å². The van der Waals surface area contributed by atoms with E-state index in [2.05, 4.69) is 10.2 Å².